The van der Waals surface area contributed by atoms with Crippen LogP contribution in [0.1, 0.15) is 24.8 Å². The molecule has 0 unspecified atom stereocenters. The molecule has 2 nitrogen and oxygen atoms in total. The van der Waals surface area contributed by atoms with Gasteiger partial charge in [0.25, 0.3) is 0 Å². The van der Waals surface area contributed by atoms with E-state index in [0.717, 1.165) is 6.54 Å². The van der Waals surface area contributed by atoms with Gasteiger partial charge in [0.15, 0.2) is 0 Å². The van der Waals surface area contributed by atoms with Crippen LogP contribution in [0.3, 0.4) is 0 Å². The number of unbranched alkanes of at least 4 members (excludes halogenated alkanes) is 2. The molecule has 0 aliphatic heterocycles. The molecule has 0 saturated heterocycles. The topological polar surface area (TPSA) is 19.7 Å². The van der Waals surface area contributed by atoms with Crippen molar-refractivity contribution in [1.29, 1.82) is 0 Å². The summed E-state index contributed by atoms with van der Waals surface area (Å²) in [6, 6.07) is 13.8. The maximum absolute atomic E-state index is 3.08. The zero-order chi connectivity index (χ0) is 12.5. The fourth-order valence-corrected chi connectivity index (χ4v) is 3.96. The van der Waals surface area contributed by atoms with Gasteiger partial charge in [-0.3, -0.25) is 4.98 Å². The van der Waals surface area contributed by atoms with Gasteiger partial charge in [0.2, 0.25) is 6.33 Å². The molecule has 0 atom stereocenters. The highest BCUT2D eigenvalue weighted by atomic mass is 28.2. The minimum atomic E-state index is 0.120. The van der Waals surface area contributed by atoms with Crippen molar-refractivity contribution < 1.29 is 4.57 Å². The molecule has 0 fully saturated rings. The van der Waals surface area contributed by atoms with Crippen LogP contribution in [0, 0.1) is 0 Å². The number of nitrogens with one attached hydrogen (secondary N) is 1. The smallest absolute Gasteiger partial charge is 0.241 e. The van der Waals surface area contributed by atoms with E-state index in [2.05, 4.69) is 46.1 Å². The zero-order valence-corrected chi connectivity index (χ0v) is 12.4. The predicted octanol–water partition coefficient (Wildman–Crippen LogP) is 2.26. The molecule has 1 aromatic carbocycles. The van der Waals surface area contributed by atoms with E-state index in [1.807, 2.05) is 12.5 Å². The number of H-pyrrole nitrogens is 1. The van der Waals surface area contributed by atoms with Crippen molar-refractivity contribution in [3.8, 4) is 0 Å². The molecule has 1 aromatic heterocycles. The standard InChI is InChI=1S/C15H22N2Si/c1-3-7-15(8-4-1)13-18-12-6-2-5-10-17-11-9-16-14-17/h1,3-4,7-9,11,14H,2,5-6,10,12-13,18H2/p+1. The summed E-state index contributed by atoms with van der Waals surface area (Å²) in [6.45, 7) is 1.16. The molecule has 0 amide bonds. The Hall–Kier alpha value is -1.35. The third-order valence-corrected chi connectivity index (χ3v) is 5.26. The quantitative estimate of drug-likeness (QED) is 0.426. The molecular weight excluding hydrogens is 236 g/mol. The molecular formula is C15H23N2Si+. The summed E-state index contributed by atoms with van der Waals surface area (Å²) in [4.78, 5) is 3.08. The molecule has 0 radical (unpaired) electrons. The van der Waals surface area contributed by atoms with Crippen molar-refractivity contribution in [2.24, 2.45) is 0 Å². The van der Waals surface area contributed by atoms with E-state index in [1.165, 1.54) is 36.9 Å². The van der Waals surface area contributed by atoms with E-state index >= 15 is 0 Å². The van der Waals surface area contributed by atoms with E-state index in [-0.39, 0.29) is 9.52 Å². The van der Waals surface area contributed by atoms with Crippen molar-refractivity contribution in [3.05, 3.63) is 54.6 Å². The molecule has 0 aliphatic carbocycles. The molecule has 0 bridgehead atoms. The largest absolute Gasteiger partial charge is 0.250 e. The van der Waals surface area contributed by atoms with Gasteiger partial charge < -0.3 is 0 Å². The monoisotopic (exact) mass is 259 g/mol. The second-order valence-corrected chi connectivity index (χ2v) is 6.77. The average Bonchev–Trinajstić information content (AvgIpc) is 2.92. The molecule has 2 rings (SSSR count). The molecule has 0 saturated carbocycles. The van der Waals surface area contributed by atoms with Gasteiger partial charge in [-0.25, -0.2) is 4.57 Å². The lowest BCUT2D eigenvalue weighted by atomic mass is 10.2. The molecule has 96 valence electrons. The molecule has 1 heterocycles. The Morgan fingerprint density at radius 1 is 1.06 bits per heavy atom. The number of nitrogens with zero attached hydrogens (tertiary/aromatic N) is 1. The second-order valence-electron chi connectivity index (χ2n) is 4.85. The number of aryl methyl sites for hydroxylation is 1. The summed E-state index contributed by atoms with van der Waals surface area (Å²) in [5, 5.41) is 0. The van der Waals surface area contributed by atoms with Crippen LogP contribution in [-0.2, 0) is 12.6 Å². The van der Waals surface area contributed by atoms with E-state index in [4.69, 9.17) is 0 Å². The predicted molar refractivity (Wildman–Crippen MR) is 78.3 cm³/mol. The van der Waals surface area contributed by atoms with E-state index in [9.17, 15) is 0 Å². The van der Waals surface area contributed by atoms with Crippen molar-refractivity contribution in [2.45, 2.75) is 37.9 Å². The Labute approximate surface area is 112 Å². The van der Waals surface area contributed by atoms with E-state index < -0.39 is 0 Å². The van der Waals surface area contributed by atoms with Gasteiger partial charge in [-0.1, -0.05) is 48.4 Å². The van der Waals surface area contributed by atoms with Crippen LogP contribution in [0.4, 0.5) is 0 Å². The van der Waals surface area contributed by atoms with Crippen LogP contribution in [0.2, 0.25) is 6.04 Å². The third-order valence-electron chi connectivity index (χ3n) is 3.33. The third kappa shape index (κ3) is 4.88. The summed E-state index contributed by atoms with van der Waals surface area (Å²) in [6.07, 6.45) is 10.2. The summed E-state index contributed by atoms with van der Waals surface area (Å²) in [5.74, 6) is 0. The van der Waals surface area contributed by atoms with Crippen LogP contribution in [0.15, 0.2) is 49.1 Å². The highest BCUT2D eigenvalue weighted by molar-refractivity contribution is 6.34. The first kappa shape index (κ1) is 13.1. The first-order valence-electron chi connectivity index (χ1n) is 7.01. The first-order valence-corrected chi connectivity index (χ1v) is 9.01. The number of hydrogen-bond acceptors (Lipinski definition) is 0. The summed E-state index contributed by atoms with van der Waals surface area (Å²) >= 11 is 0. The fourth-order valence-electron chi connectivity index (χ4n) is 2.26. The maximum Gasteiger partial charge on any atom is 0.241 e. The first-order chi connectivity index (χ1) is 8.95. The maximum atomic E-state index is 3.08. The molecule has 2 aromatic rings. The summed E-state index contributed by atoms with van der Waals surface area (Å²) in [7, 11) is 0.120. The minimum Gasteiger partial charge on any atom is -0.250 e. The number of imidazole rings is 1. The fraction of sp³-hybridized carbons (Fsp3) is 0.400. The van der Waals surface area contributed by atoms with Crippen LogP contribution < -0.4 is 4.57 Å². The van der Waals surface area contributed by atoms with E-state index in [0.29, 0.717) is 0 Å². The number of aromatic amines is 1. The summed E-state index contributed by atoms with van der Waals surface area (Å²) in [5.41, 5.74) is 1.53. The molecule has 18 heavy (non-hydrogen) atoms. The van der Waals surface area contributed by atoms with Crippen molar-refractivity contribution in [2.75, 3.05) is 0 Å². The van der Waals surface area contributed by atoms with Gasteiger partial charge >= 0.3 is 0 Å². The minimum absolute atomic E-state index is 0.120. The normalized spacial score (nSPS) is 11.3. The summed E-state index contributed by atoms with van der Waals surface area (Å²) < 4.78 is 2.22. The Bertz CT molecular complexity index is 411. The Morgan fingerprint density at radius 3 is 2.72 bits per heavy atom. The average molecular weight is 259 g/mol. The highest BCUT2D eigenvalue weighted by Crippen LogP contribution is 2.04. The van der Waals surface area contributed by atoms with Gasteiger partial charge in [-0.05, 0) is 18.9 Å². The molecule has 3 heteroatoms. The lowest BCUT2D eigenvalue weighted by Crippen LogP contribution is -2.30. The van der Waals surface area contributed by atoms with Crippen LogP contribution in [-0.4, -0.2) is 14.5 Å². The Morgan fingerprint density at radius 2 is 1.94 bits per heavy atom. The van der Waals surface area contributed by atoms with Crippen molar-refractivity contribution >= 4 is 9.52 Å². The van der Waals surface area contributed by atoms with Crippen LogP contribution >= 0.6 is 0 Å². The Kier molecular flexibility index (Phi) is 5.73. The number of rotatable bonds is 8. The van der Waals surface area contributed by atoms with Gasteiger partial charge in [0.05, 0.1) is 6.54 Å². The molecule has 1 N–H and O–H groups in total. The van der Waals surface area contributed by atoms with Gasteiger partial charge in [0, 0.05) is 9.52 Å². The molecule has 0 spiro atoms. The number of hydrogen-bond donors (Lipinski definition) is 1. The highest BCUT2D eigenvalue weighted by Gasteiger charge is 1.97. The lowest BCUT2D eigenvalue weighted by Gasteiger charge is -2.01. The van der Waals surface area contributed by atoms with Crippen molar-refractivity contribution in [3.63, 3.8) is 0 Å². The SMILES string of the molecule is c1ccc(C[SiH2]CCCCC[n+]2cc[nH]c2)cc1. The zero-order valence-electron chi connectivity index (χ0n) is 11.0. The lowest BCUT2D eigenvalue weighted by molar-refractivity contribution is -0.696. The van der Waals surface area contributed by atoms with Gasteiger partial charge in [0.1, 0.15) is 12.4 Å². The van der Waals surface area contributed by atoms with Gasteiger partial charge in [-0.15, -0.1) is 0 Å². The van der Waals surface area contributed by atoms with E-state index in [1.54, 1.807) is 0 Å². The van der Waals surface area contributed by atoms with Gasteiger partial charge in [-0.2, -0.15) is 0 Å². The number of aromatic nitrogens is 2. The molecule has 0 aliphatic rings. The van der Waals surface area contributed by atoms with Crippen LogP contribution in [0.5, 0.6) is 0 Å². The number of benzene rings is 1. The van der Waals surface area contributed by atoms with Crippen LogP contribution in [0.25, 0.3) is 0 Å². The second kappa shape index (κ2) is 7.87. The Balaban J connectivity index is 1.47. The van der Waals surface area contributed by atoms with Crippen molar-refractivity contribution in [1.82, 2.24) is 4.98 Å².